The van der Waals surface area contributed by atoms with Gasteiger partial charge in [0.05, 0.1) is 0 Å². The van der Waals surface area contributed by atoms with Crippen LogP contribution in [0.3, 0.4) is 0 Å². The fraction of sp³-hybridized carbons (Fsp3) is 1.00. The summed E-state index contributed by atoms with van der Waals surface area (Å²) < 4.78 is 0. The normalized spacial score (nSPS) is 29.0. The zero-order valence-electron chi connectivity index (χ0n) is 8.03. The van der Waals surface area contributed by atoms with E-state index in [-0.39, 0.29) is 0 Å². The molecule has 2 aliphatic heterocycles. The molecule has 2 rings (SSSR count). The van der Waals surface area contributed by atoms with E-state index in [0.29, 0.717) is 6.04 Å². The number of nitrogens with two attached hydrogens (primary N) is 1. The third kappa shape index (κ3) is 1.37. The molecule has 0 saturated carbocycles. The largest absolute Gasteiger partial charge is 0.325 e. The third-order valence-electron chi connectivity index (χ3n) is 3.08. The Morgan fingerprint density at radius 3 is 2.17 bits per heavy atom. The van der Waals surface area contributed by atoms with E-state index in [1.165, 1.54) is 13.1 Å². The first-order valence-electron chi connectivity index (χ1n) is 4.90. The highest BCUT2D eigenvalue weighted by molar-refractivity contribution is 4.96. The zero-order chi connectivity index (χ0) is 8.72. The second-order valence-corrected chi connectivity index (χ2v) is 4.42. The van der Waals surface area contributed by atoms with Crippen LogP contribution in [0.4, 0.5) is 0 Å². The third-order valence-corrected chi connectivity index (χ3v) is 3.08. The molecule has 0 aromatic carbocycles. The molecule has 2 N–H and O–H groups in total. The summed E-state index contributed by atoms with van der Waals surface area (Å²) in [7, 11) is 0. The van der Waals surface area contributed by atoms with Gasteiger partial charge in [0.2, 0.25) is 0 Å². The molecule has 12 heavy (non-hydrogen) atoms. The number of nitrogens with zero attached hydrogens (tertiary/aromatic N) is 2. The van der Waals surface area contributed by atoms with Gasteiger partial charge in [-0.1, -0.05) is 0 Å². The molecule has 3 heteroatoms. The molecule has 0 aromatic heterocycles. The van der Waals surface area contributed by atoms with Crippen LogP contribution in [-0.4, -0.2) is 54.1 Å². The van der Waals surface area contributed by atoms with Gasteiger partial charge in [-0.2, -0.15) is 0 Å². The van der Waals surface area contributed by atoms with Crippen LogP contribution in [0.1, 0.15) is 13.8 Å². The first kappa shape index (κ1) is 8.48. The van der Waals surface area contributed by atoms with Gasteiger partial charge in [-0.3, -0.25) is 9.80 Å². The molecular weight excluding hydrogens is 150 g/mol. The summed E-state index contributed by atoms with van der Waals surface area (Å²) in [6, 6.07) is 1.99. The highest BCUT2D eigenvalue weighted by Crippen LogP contribution is 2.21. The molecular formula is C9H19N3. The fourth-order valence-corrected chi connectivity index (χ4v) is 1.99. The van der Waals surface area contributed by atoms with Crippen molar-refractivity contribution in [3.05, 3.63) is 0 Å². The summed E-state index contributed by atoms with van der Waals surface area (Å²) >= 11 is 0. The van der Waals surface area contributed by atoms with E-state index in [1.807, 2.05) is 0 Å². The lowest BCUT2D eigenvalue weighted by Gasteiger charge is -2.52. The van der Waals surface area contributed by atoms with E-state index in [2.05, 4.69) is 23.6 Å². The van der Waals surface area contributed by atoms with Crippen LogP contribution in [0, 0.1) is 0 Å². The van der Waals surface area contributed by atoms with Gasteiger partial charge in [0, 0.05) is 44.3 Å². The van der Waals surface area contributed by atoms with Crippen molar-refractivity contribution in [3.63, 3.8) is 0 Å². The Hall–Kier alpha value is -0.120. The van der Waals surface area contributed by atoms with Gasteiger partial charge < -0.3 is 5.73 Å². The lowest BCUT2D eigenvalue weighted by atomic mass is 9.99. The molecule has 0 atom stereocenters. The Kier molecular flexibility index (Phi) is 2.10. The molecule has 2 saturated heterocycles. The molecule has 0 amide bonds. The molecule has 0 radical (unpaired) electrons. The highest BCUT2D eigenvalue weighted by atomic mass is 15.4. The highest BCUT2D eigenvalue weighted by Gasteiger charge is 2.37. The molecule has 2 heterocycles. The van der Waals surface area contributed by atoms with Crippen LogP contribution in [0.25, 0.3) is 0 Å². The predicted molar refractivity (Wildman–Crippen MR) is 50.0 cm³/mol. The fourth-order valence-electron chi connectivity index (χ4n) is 1.99. The summed E-state index contributed by atoms with van der Waals surface area (Å²) in [4.78, 5) is 5.01. The van der Waals surface area contributed by atoms with E-state index in [9.17, 15) is 0 Å². The second-order valence-electron chi connectivity index (χ2n) is 4.42. The second kappa shape index (κ2) is 2.98. The van der Waals surface area contributed by atoms with Gasteiger partial charge in [0.15, 0.2) is 0 Å². The zero-order valence-corrected chi connectivity index (χ0v) is 8.03. The van der Waals surface area contributed by atoms with Crippen molar-refractivity contribution in [2.75, 3.05) is 26.2 Å². The van der Waals surface area contributed by atoms with Crippen molar-refractivity contribution >= 4 is 0 Å². The van der Waals surface area contributed by atoms with Crippen molar-refractivity contribution in [2.24, 2.45) is 5.73 Å². The smallest absolute Gasteiger partial charge is 0.0352 e. The Labute approximate surface area is 74.5 Å². The molecule has 0 aromatic rings. The van der Waals surface area contributed by atoms with Gasteiger partial charge in [-0.15, -0.1) is 0 Å². The van der Waals surface area contributed by atoms with Crippen LogP contribution in [-0.2, 0) is 0 Å². The molecule has 0 unspecified atom stereocenters. The quantitative estimate of drug-likeness (QED) is 0.617. The molecule has 3 nitrogen and oxygen atoms in total. The van der Waals surface area contributed by atoms with Crippen LogP contribution in [0.2, 0.25) is 0 Å². The molecule has 0 bridgehead atoms. The topological polar surface area (TPSA) is 32.5 Å². The average molecular weight is 169 g/mol. The van der Waals surface area contributed by atoms with E-state index < -0.39 is 0 Å². The lowest BCUT2D eigenvalue weighted by Crippen LogP contribution is -2.69. The minimum absolute atomic E-state index is 0.457. The van der Waals surface area contributed by atoms with Crippen molar-refractivity contribution in [3.8, 4) is 0 Å². The van der Waals surface area contributed by atoms with Crippen LogP contribution in [0.15, 0.2) is 0 Å². The summed E-state index contributed by atoms with van der Waals surface area (Å²) in [5.74, 6) is 0. The van der Waals surface area contributed by atoms with E-state index in [4.69, 9.17) is 5.73 Å². The summed E-state index contributed by atoms with van der Waals surface area (Å²) in [5, 5.41) is 0. The Morgan fingerprint density at radius 2 is 1.75 bits per heavy atom. The standard InChI is InChI=1S/C9H19N3/c1-7(2)11-5-9(6-11)12-3-8(10)4-12/h7-9H,3-6,10H2,1-2H3. The average Bonchev–Trinajstić information content (AvgIpc) is 1.79. The van der Waals surface area contributed by atoms with Crippen molar-refractivity contribution in [1.82, 2.24) is 9.80 Å². The summed E-state index contributed by atoms with van der Waals surface area (Å²) in [6.07, 6.45) is 0. The van der Waals surface area contributed by atoms with Gasteiger partial charge in [0.1, 0.15) is 0 Å². The monoisotopic (exact) mass is 169 g/mol. The van der Waals surface area contributed by atoms with Crippen molar-refractivity contribution in [2.45, 2.75) is 32.0 Å². The van der Waals surface area contributed by atoms with E-state index in [0.717, 1.165) is 25.2 Å². The number of rotatable bonds is 2. The van der Waals surface area contributed by atoms with Crippen LogP contribution < -0.4 is 5.73 Å². The maximum atomic E-state index is 5.72. The molecule has 2 fully saturated rings. The predicted octanol–water partition coefficient (Wildman–Crippen LogP) is -0.278. The first-order chi connectivity index (χ1) is 5.66. The number of likely N-dealkylation sites (tertiary alicyclic amines) is 2. The summed E-state index contributed by atoms with van der Waals surface area (Å²) in [5.41, 5.74) is 5.72. The number of hydrogen-bond donors (Lipinski definition) is 1. The van der Waals surface area contributed by atoms with Gasteiger partial charge in [-0.05, 0) is 13.8 Å². The van der Waals surface area contributed by atoms with E-state index >= 15 is 0 Å². The summed E-state index contributed by atoms with van der Waals surface area (Å²) in [6.45, 7) is 9.28. The maximum absolute atomic E-state index is 5.72. The van der Waals surface area contributed by atoms with Crippen molar-refractivity contribution in [1.29, 1.82) is 0 Å². The number of hydrogen-bond acceptors (Lipinski definition) is 3. The Balaban J connectivity index is 1.68. The molecule has 0 aliphatic carbocycles. The Morgan fingerprint density at radius 1 is 1.17 bits per heavy atom. The van der Waals surface area contributed by atoms with Gasteiger partial charge in [-0.25, -0.2) is 0 Å². The lowest BCUT2D eigenvalue weighted by molar-refractivity contribution is -0.0236. The van der Waals surface area contributed by atoms with Gasteiger partial charge in [0.25, 0.3) is 0 Å². The minimum atomic E-state index is 0.457. The molecule has 0 spiro atoms. The van der Waals surface area contributed by atoms with Gasteiger partial charge >= 0.3 is 0 Å². The molecule has 70 valence electrons. The minimum Gasteiger partial charge on any atom is -0.325 e. The Bertz CT molecular complexity index is 157. The van der Waals surface area contributed by atoms with Crippen molar-refractivity contribution < 1.29 is 0 Å². The first-order valence-corrected chi connectivity index (χ1v) is 4.90. The SMILES string of the molecule is CC(C)N1CC(N2CC(N)C2)C1. The van der Waals surface area contributed by atoms with Crippen LogP contribution >= 0.6 is 0 Å². The van der Waals surface area contributed by atoms with Crippen LogP contribution in [0.5, 0.6) is 0 Å². The molecule has 2 aliphatic rings. The maximum Gasteiger partial charge on any atom is 0.0352 e. The van der Waals surface area contributed by atoms with E-state index in [1.54, 1.807) is 0 Å².